The van der Waals surface area contributed by atoms with Gasteiger partial charge >= 0.3 is 0 Å². The molecule has 0 aliphatic carbocycles. The molecule has 1 aromatic heterocycles. The molecular weight excluding hydrogens is 362 g/mol. The molecule has 3 aromatic rings. The molecule has 2 heterocycles. The smallest absolute Gasteiger partial charge is 0.229 e. The largest absolute Gasteiger partial charge is 0.353 e. The van der Waals surface area contributed by atoms with E-state index in [9.17, 15) is 4.79 Å². The molecule has 0 atom stereocenters. The zero-order valence-corrected chi connectivity index (χ0v) is 16.8. The Balaban J connectivity index is 1.67. The fourth-order valence-electron chi connectivity index (χ4n) is 3.49. The Hall–Kier alpha value is -3.41. The van der Waals surface area contributed by atoms with E-state index in [2.05, 4.69) is 35.3 Å². The van der Waals surface area contributed by atoms with Crippen molar-refractivity contribution < 1.29 is 4.79 Å². The molecular formula is C23H25N5O. The zero-order valence-electron chi connectivity index (χ0n) is 16.8. The van der Waals surface area contributed by atoms with Crippen LogP contribution in [0.2, 0.25) is 0 Å². The van der Waals surface area contributed by atoms with E-state index in [1.165, 1.54) is 0 Å². The highest BCUT2D eigenvalue weighted by atomic mass is 16.2. The lowest BCUT2D eigenvalue weighted by molar-refractivity contribution is -0.129. The standard InChI is InChI=1S/C23H25N5O/c1-17-8-6-7-11-20(17)24-23-25-21(19-9-4-3-5-10-19)16-22(26-23)28-14-12-27(13-15-28)18(2)29/h3-11,16H,12-15H2,1-2H3,(H,24,25,26). The van der Waals surface area contributed by atoms with Crippen LogP contribution in [0.4, 0.5) is 17.5 Å². The molecule has 0 unspecified atom stereocenters. The lowest BCUT2D eigenvalue weighted by atomic mass is 10.1. The van der Waals surface area contributed by atoms with E-state index < -0.39 is 0 Å². The van der Waals surface area contributed by atoms with Gasteiger partial charge in [-0.2, -0.15) is 4.98 Å². The van der Waals surface area contributed by atoms with Crippen LogP contribution in [-0.2, 0) is 4.79 Å². The van der Waals surface area contributed by atoms with Crippen molar-refractivity contribution in [3.8, 4) is 11.3 Å². The SMILES string of the molecule is CC(=O)N1CCN(c2cc(-c3ccccc3)nc(Nc3ccccc3C)n2)CC1. The number of amides is 1. The molecule has 1 aliphatic rings. The summed E-state index contributed by atoms with van der Waals surface area (Å²) in [6.07, 6.45) is 0. The molecule has 0 bridgehead atoms. The highest BCUT2D eigenvalue weighted by molar-refractivity contribution is 5.73. The summed E-state index contributed by atoms with van der Waals surface area (Å²) in [7, 11) is 0. The van der Waals surface area contributed by atoms with E-state index in [0.29, 0.717) is 19.0 Å². The van der Waals surface area contributed by atoms with Crippen LogP contribution in [0.5, 0.6) is 0 Å². The second-order valence-electron chi connectivity index (χ2n) is 7.23. The van der Waals surface area contributed by atoms with E-state index in [0.717, 1.165) is 41.4 Å². The third kappa shape index (κ3) is 4.37. The minimum atomic E-state index is 0.124. The maximum Gasteiger partial charge on any atom is 0.229 e. The molecule has 1 aliphatic heterocycles. The first kappa shape index (κ1) is 18.9. The van der Waals surface area contributed by atoms with Crippen molar-refractivity contribution >= 4 is 23.4 Å². The molecule has 1 N–H and O–H groups in total. The van der Waals surface area contributed by atoms with Gasteiger partial charge < -0.3 is 15.1 Å². The number of nitrogens with zero attached hydrogens (tertiary/aromatic N) is 4. The third-order valence-electron chi connectivity index (χ3n) is 5.22. The molecule has 2 aromatic carbocycles. The third-order valence-corrected chi connectivity index (χ3v) is 5.22. The number of piperazine rings is 1. The van der Waals surface area contributed by atoms with Gasteiger partial charge in [-0.25, -0.2) is 4.98 Å². The average Bonchev–Trinajstić information content (AvgIpc) is 2.76. The number of rotatable bonds is 4. The fourth-order valence-corrected chi connectivity index (χ4v) is 3.49. The van der Waals surface area contributed by atoms with Crippen LogP contribution in [0.1, 0.15) is 12.5 Å². The first-order chi connectivity index (χ1) is 14.1. The molecule has 1 saturated heterocycles. The lowest BCUT2D eigenvalue weighted by Crippen LogP contribution is -2.48. The molecule has 0 saturated carbocycles. The predicted octanol–water partition coefficient (Wildman–Crippen LogP) is 3.86. The highest BCUT2D eigenvalue weighted by Gasteiger charge is 2.21. The van der Waals surface area contributed by atoms with E-state index in [4.69, 9.17) is 9.97 Å². The molecule has 148 valence electrons. The van der Waals surface area contributed by atoms with Crippen LogP contribution in [0.15, 0.2) is 60.7 Å². The van der Waals surface area contributed by atoms with Crippen LogP contribution in [0.25, 0.3) is 11.3 Å². The van der Waals surface area contributed by atoms with Crippen molar-refractivity contribution in [2.45, 2.75) is 13.8 Å². The maximum atomic E-state index is 11.6. The van der Waals surface area contributed by atoms with Gasteiger partial charge in [-0.15, -0.1) is 0 Å². The second kappa shape index (κ2) is 8.31. The van der Waals surface area contributed by atoms with E-state index in [1.807, 2.05) is 47.4 Å². The van der Waals surface area contributed by atoms with Crippen LogP contribution >= 0.6 is 0 Å². The van der Waals surface area contributed by atoms with Crippen molar-refractivity contribution in [1.82, 2.24) is 14.9 Å². The molecule has 6 nitrogen and oxygen atoms in total. The Morgan fingerprint density at radius 3 is 2.31 bits per heavy atom. The van der Waals surface area contributed by atoms with Gasteiger partial charge in [0, 0.05) is 50.4 Å². The topological polar surface area (TPSA) is 61.4 Å². The number of carbonyl (C=O) groups excluding carboxylic acids is 1. The summed E-state index contributed by atoms with van der Waals surface area (Å²) >= 11 is 0. The van der Waals surface area contributed by atoms with Crippen LogP contribution < -0.4 is 10.2 Å². The van der Waals surface area contributed by atoms with Crippen LogP contribution in [-0.4, -0.2) is 47.0 Å². The summed E-state index contributed by atoms with van der Waals surface area (Å²) in [5, 5.41) is 3.38. The van der Waals surface area contributed by atoms with Gasteiger partial charge in [0.2, 0.25) is 11.9 Å². The van der Waals surface area contributed by atoms with Crippen LogP contribution in [0, 0.1) is 6.92 Å². The van der Waals surface area contributed by atoms with Gasteiger partial charge in [-0.05, 0) is 18.6 Å². The number of carbonyl (C=O) groups is 1. The summed E-state index contributed by atoms with van der Waals surface area (Å²) in [5.74, 6) is 1.57. The summed E-state index contributed by atoms with van der Waals surface area (Å²) in [5.41, 5.74) is 4.05. The molecule has 0 radical (unpaired) electrons. The summed E-state index contributed by atoms with van der Waals surface area (Å²) in [4.78, 5) is 25.3. The Morgan fingerprint density at radius 1 is 0.931 bits per heavy atom. The number of aromatic nitrogens is 2. The Kier molecular flexibility index (Phi) is 5.42. The number of benzene rings is 2. The fraction of sp³-hybridized carbons (Fsp3) is 0.261. The predicted molar refractivity (Wildman–Crippen MR) is 116 cm³/mol. The molecule has 1 amide bonds. The van der Waals surface area contributed by atoms with E-state index in [1.54, 1.807) is 6.92 Å². The van der Waals surface area contributed by atoms with Crippen molar-refractivity contribution in [1.29, 1.82) is 0 Å². The second-order valence-corrected chi connectivity index (χ2v) is 7.23. The Bertz CT molecular complexity index is 997. The van der Waals surface area contributed by atoms with Gasteiger partial charge in [-0.3, -0.25) is 4.79 Å². The average molecular weight is 387 g/mol. The first-order valence-corrected chi connectivity index (χ1v) is 9.88. The number of hydrogen-bond acceptors (Lipinski definition) is 5. The van der Waals surface area contributed by atoms with Gasteiger partial charge in [0.15, 0.2) is 0 Å². The van der Waals surface area contributed by atoms with Crippen LogP contribution in [0.3, 0.4) is 0 Å². The number of anilines is 3. The van der Waals surface area contributed by atoms with E-state index >= 15 is 0 Å². The van der Waals surface area contributed by atoms with Gasteiger partial charge in [-0.1, -0.05) is 48.5 Å². The molecule has 0 spiro atoms. The number of nitrogens with one attached hydrogen (secondary N) is 1. The summed E-state index contributed by atoms with van der Waals surface area (Å²) in [6, 6.07) is 20.3. The highest BCUT2D eigenvalue weighted by Crippen LogP contribution is 2.26. The normalized spacial score (nSPS) is 14.0. The number of hydrogen-bond donors (Lipinski definition) is 1. The minimum absolute atomic E-state index is 0.124. The number of para-hydroxylation sites is 1. The number of aryl methyl sites for hydroxylation is 1. The molecule has 4 rings (SSSR count). The van der Waals surface area contributed by atoms with Crippen molar-refractivity contribution in [3.63, 3.8) is 0 Å². The van der Waals surface area contributed by atoms with Crippen molar-refractivity contribution in [2.24, 2.45) is 0 Å². The maximum absolute atomic E-state index is 11.6. The summed E-state index contributed by atoms with van der Waals surface area (Å²) in [6.45, 7) is 6.62. The lowest BCUT2D eigenvalue weighted by Gasteiger charge is -2.35. The Labute approximate surface area is 171 Å². The molecule has 1 fully saturated rings. The molecule has 6 heteroatoms. The van der Waals surface area contributed by atoms with Crippen molar-refractivity contribution in [3.05, 3.63) is 66.2 Å². The van der Waals surface area contributed by atoms with E-state index in [-0.39, 0.29) is 5.91 Å². The van der Waals surface area contributed by atoms with Crippen molar-refractivity contribution in [2.75, 3.05) is 36.4 Å². The van der Waals surface area contributed by atoms with Gasteiger partial charge in [0.1, 0.15) is 5.82 Å². The minimum Gasteiger partial charge on any atom is -0.353 e. The van der Waals surface area contributed by atoms with Gasteiger partial charge in [0.05, 0.1) is 5.69 Å². The molecule has 29 heavy (non-hydrogen) atoms. The Morgan fingerprint density at radius 2 is 1.62 bits per heavy atom. The van der Waals surface area contributed by atoms with Gasteiger partial charge in [0.25, 0.3) is 0 Å². The summed E-state index contributed by atoms with van der Waals surface area (Å²) < 4.78 is 0. The first-order valence-electron chi connectivity index (χ1n) is 9.88. The monoisotopic (exact) mass is 387 g/mol. The zero-order chi connectivity index (χ0) is 20.2. The quantitative estimate of drug-likeness (QED) is 0.736.